The van der Waals surface area contributed by atoms with Crippen LogP contribution >= 0.6 is 0 Å². The van der Waals surface area contributed by atoms with Crippen LogP contribution in [0.4, 0.5) is 0 Å². The van der Waals surface area contributed by atoms with E-state index >= 15 is 0 Å². The van der Waals surface area contributed by atoms with Gasteiger partial charge >= 0.3 is 0 Å². The summed E-state index contributed by atoms with van der Waals surface area (Å²) in [5.74, 6) is 3.39. The summed E-state index contributed by atoms with van der Waals surface area (Å²) in [4.78, 5) is 19.9. The molecule has 0 aliphatic rings. The SMILES string of the molecule is c1ccc(-c2cccc(-c3nnc4c5ccccc5nc(-c5cccc(-c6ccc(-c7nc(-c8ccccc8)nc(-c8ccccc8)n7)cc6)c5)n34)c2)cc1. The van der Waals surface area contributed by atoms with Gasteiger partial charge in [0.2, 0.25) is 0 Å². The molecule has 0 aliphatic carbocycles. The van der Waals surface area contributed by atoms with E-state index in [1.807, 2.05) is 84.9 Å². The Morgan fingerprint density at radius 2 is 0.709 bits per heavy atom. The van der Waals surface area contributed by atoms with Crippen molar-refractivity contribution in [2.45, 2.75) is 0 Å². The van der Waals surface area contributed by atoms with E-state index in [9.17, 15) is 0 Å². The second kappa shape index (κ2) is 13.7. The van der Waals surface area contributed by atoms with E-state index in [1.54, 1.807) is 0 Å². The number of fused-ring (bicyclic) bond motifs is 3. The Morgan fingerprint density at radius 3 is 1.29 bits per heavy atom. The zero-order chi connectivity index (χ0) is 36.6. The van der Waals surface area contributed by atoms with Gasteiger partial charge in [-0.1, -0.05) is 164 Å². The minimum Gasteiger partial charge on any atom is -0.258 e. The Kier molecular flexibility index (Phi) is 8.00. The molecule has 0 unspecified atom stereocenters. The van der Waals surface area contributed by atoms with Gasteiger partial charge in [-0.05, 0) is 46.5 Å². The fourth-order valence-corrected chi connectivity index (χ4v) is 7.02. The van der Waals surface area contributed by atoms with Gasteiger partial charge in [0, 0.05) is 33.2 Å². The molecule has 0 bridgehead atoms. The van der Waals surface area contributed by atoms with Crippen LogP contribution in [0.15, 0.2) is 188 Å². The zero-order valence-corrected chi connectivity index (χ0v) is 29.5. The standard InChI is InChI=1S/C48H31N7/c1-4-14-32(15-5-1)37-20-13-23-40(31-37)47-53-54-48-41-24-10-11-25-42(41)49-46(55(47)48)39-22-12-21-38(30-39)33-26-28-36(29-27-33)45-51-43(34-16-6-2-7-17-34)50-44(52-45)35-18-8-3-9-19-35/h1-31H. The van der Waals surface area contributed by atoms with Crippen molar-refractivity contribution in [3.8, 4) is 79.2 Å². The van der Waals surface area contributed by atoms with Gasteiger partial charge in [0.1, 0.15) is 5.82 Å². The molecule has 3 aromatic heterocycles. The van der Waals surface area contributed by atoms with E-state index in [2.05, 4.69) is 108 Å². The Morgan fingerprint density at radius 1 is 0.291 bits per heavy atom. The fourth-order valence-electron chi connectivity index (χ4n) is 7.02. The molecule has 0 saturated heterocycles. The van der Waals surface area contributed by atoms with Crippen LogP contribution in [0.2, 0.25) is 0 Å². The Balaban J connectivity index is 1.05. The maximum absolute atomic E-state index is 5.23. The lowest BCUT2D eigenvalue weighted by Gasteiger charge is -2.12. The van der Waals surface area contributed by atoms with Crippen molar-refractivity contribution in [1.29, 1.82) is 0 Å². The normalized spacial score (nSPS) is 11.3. The van der Waals surface area contributed by atoms with Crippen LogP contribution < -0.4 is 0 Å². The maximum atomic E-state index is 5.23. The molecule has 0 N–H and O–H groups in total. The predicted molar refractivity (Wildman–Crippen MR) is 220 cm³/mol. The van der Waals surface area contributed by atoms with E-state index in [0.29, 0.717) is 17.5 Å². The van der Waals surface area contributed by atoms with Crippen molar-refractivity contribution >= 4 is 16.6 Å². The second-order valence-electron chi connectivity index (χ2n) is 13.3. The van der Waals surface area contributed by atoms with Gasteiger partial charge in [0.05, 0.1) is 5.52 Å². The molecule has 0 radical (unpaired) electrons. The summed E-state index contributed by atoms with van der Waals surface area (Å²) in [5.41, 5.74) is 10.7. The van der Waals surface area contributed by atoms with Gasteiger partial charge in [-0.3, -0.25) is 4.40 Å². The molecule has 258 valence electrons. The van der Waals surface area contributed by atoms with Crippen molar-refractivity contribution < 1.29 is 0 Å². The maximum Gasteiger partial charge on any atom is 0.172 e. The molecule has 0 saturated carbocycles. The lowest BCUT2D eigenvalue weighted by Crippen LogP contribution is -2.00. The van der Waals surface area contributed by atoms with Gasteiger partial charge in [-0.25, -0.2) is 19.9 Å². The quantitative estimate of drug-likeness (QED) is 0.164. The Hall–Kier alpha value is -7.64. The van der Waals surface area contributed by atoms with Crippen LogP contribution in [0.25, 0.3) is 95.7 Å². The highest BCUT2D eigenvalue weighted by Gasteiger charge is 2.19. The summed E-state index contributed by atoms with van der Waals surface area (Å²) >= 11 is 0. The molecule has 10 aromatic rings. The van der Waals surface area contributed by atoms with Crippen LogP contribution in [0.5, 0.6) is 0 Å². The summed E-state index contributed by atoms with van der Waals surface area (Å²) in [6, 6.07) is 63.8. The highest BCUT2D eigenvalue weighted by molar-refractivity contribution is 5.94. The third kappa shape index (κ3) is 6.09. The van der Waals surface area contributed by atoms with Crippen LogP contribution in [0.3, 0.4) is 0 Å². The van der Waals surface area contributed by atoms with Crippen LogP contribution in [-0.4, -0.2) is 34.5 Å². The van der Waals surface area contributed by atoms with Gasteiger partial charge in [0.25, 0.3) is 0 Å². The lowest BCUT2D eigenvalue weighted by molar-refractivity contribution is 1.07. The number of rotatable bonds is 7. The number of benzene rings is 7. The summed E-state index contributed by atoms with van der Waals surface area (Å²) < 4.78 is 2.09. The molecule has 0 aliphatic heterocycles. The number of hydrogen-bond acceptors (Lipinski definition) is 6. The Bertz CT molecular complexity index is 2900. The second-order valence-corrected chi connectivity index (χ2v) is 13.3. The molecule has 55 heavy (non-hydrogen) atoms. The topological polar surface area (TPSA) is 81.8 Å². The lowest BCUT2D eigenvalue weighted by atomic mass is 10.0. The zero-order valence-electron chi connectivity index (χ0n) is 29.5. The summed E-state index contributed by atoms with van der Waals surface area (Å²) in [7, 11) is 0. The first-order valence-electron chi connectivity index (χ1n) is 18.1. The Labute approximate surface area is 317 Å². The minimum atomic E-state index is 0.618. The van der Waals surface area contributed by atoms with Crippen LogP contribution in [0, 0.1) is 0 Å². The molecule has 7 heteroatoms. The number of aromatic nitrogens is 7. The third-order valence-corrected chi connectivity index (χ3v) is 9.77. The first-order chi connectivity index (χ1) is 27.2. The number of hydrogen-bond donors (Lipinski definition) is 0. The molecule has 7 nitrogen and oxygen atoms in total. The molecule has 3 heterocycles. The molecular weight excluding hydrogens is 675 g/mol. The molecule has 0 spiro atoms. The van der Waals surface area contributed by atoms with E-state index in [1.165, 1.54) is 0 Å². The molecule has 0 atom stereocenters. The van der Waals surface area contributed by atoms with E-state index in [0.717, 1.165) is 78.3 Å². The van der Waals surface area contributed by atoms with E-state index < -0.39 is 0 Å². The average molecular weight is 706 g/mol. The monoisotopic (exact) mass is 705 g/mol. The van der Waals surface area contributed by atoms with Crippen molar-refractivity contribution in [3.05, 3.63) is 188 Å². The predicted octanol–water partition coefficient (Wildman–Crippen LogP) is 11.1. The highest BCUT2D eigenvalue weighted by atomic mass is 15.3. The first-order valence-corrected chi connectivity index (χ1v) is 18.1. The summed E-state index contributed by atoms with van der Waals surface area (Å²) in [6.07, 6.45) is 0. The van der Waals surface area contributed by atoms with Gasteiger partial charge in [-0.15, -0.1) is 10.2 Å². The van der Waals surface area contributed by atoms with Crippen LogP contribution in [-0.2, 0) is 0 Å². The van der Waals surface area contributed by atoms with Gasteiger partial charge in [-0.2, -0.15) is 0 Å². The highest BCUT2D eigenvalue weighted by Crippen LogP contribution is 2.34. The van der Waals surface area contributed by atoms with Crippen molar-refractivity contribution in [2.24, 2.45) is 0 Å². The molecule has 10 rings (SSSR count). The summed E-state index contributed by atoms with van der Waals surface area (Å²) in [6.45, 7) is 0. The summed E-state index contributed by atoms with van der Waals surface area (Å²) in [5, 5.41) is 10.4. The first kappa shape index (κ1) is 32.0. The number of nitrogens with zero attached hydrogens (tertiary/aromatic N) is 7. The molecule has 0 fully saturated rings. The van der Waals surface area contributed by atoms with Gasteiger partial charge in [0.15, 0.2) is 28.9 Å². The molecular formula is C48H31N7. The largest absolute Gasteiger partial charge is 0.258 e. The van der Waals surface area contributed by atoms with E-state index in [-0.39, 0.29) is 0 Å². The molecule has 0 amide bonds. The van der Waals surface area contributed by atoms with Crippen molar-refractivity contribution in [3.63, 3.8) is 0 Å². The fraction of sp³-hybridized carbons (Fsp3) is 0. The van der Waals surface area contributed by atoms with Crippen molar-refractivity contribution in [1.82, 2.24) is 34.5 Å². The smallest absolute Gasteiger partial charge is 0.172 e. The molecule has 7 aromatic carbocycles. The number of para-hydroxylation sites is 1. The van der Waals surface area contributed by atoms with Crippen LogP contribution in [0.1, 0.15) is 0 Å². The third-order valence-electron chi connectivity index (χ3n) is 9.77. The van der Waals surface area contributed by atoms with E-state index in [4.69, 9.17) is 30.1 Å². The van der Waals surface area contributed by atoms with Gasteiger partial charge < -0.3 is 0 Å². The van der Waals surface area contributed by atoms with Crippen molar-refractivity contribution in [2.75, 3.05) is 0 Å². The average Bonchev–Trinajstić information content (AvgIpc) is 3.73. The minimum absolute atomic E-state index is 0.618.